The van der Waals surface area contributed by atoms with Gasteiger partial charge in [0.2, 0.25) is 5.95 Å². The quantitative estimate of drug-likeness (QED) is 0.554. The summed E-state index contributed by atoms with van der Waals surface area (Å²) in [5, 5.41) is 5.81. The van der Waals surface area contributed by atoms with Crippen LogP contribution in [-0.2, 0) is 23.1 Å². The van der Waals surface area contributed by atoms with Gasteiger partial charge >= 0.3 is 11.7 Å². The predicted octanol–water partition coefficient (Wildman–Crippen LogP) is 0.403. The number of imidazole rings is 1. The summed E-state index contributed by atoms with van der Waals surface area (Å²) in [6.07, 6.45) is 1.49. The molecule has 0 N–H and O–H groups in total. The van der Waals surface area contributed by atoms with Crippen molar-refractivity contribution >= 4 is 28.8 Å². The second-order valence-electron chi connectivity index (χ2n) is 6.28. The summed E-state index contributed by atoms with van der Waals surface area (Å²) in [6.45, 7) is 9.22. The van der Waals surface area contributed by atoms with E-state index in [0.717, 1.165) is 4.57 Å². The molecule has 1 aliphatic rings. The van der Waals surface area contributed by atoms with Crippen molar-refractivity contribution in [2.45, 2.75) is 33.4 Å². The SMILES string of the molecule is C=CCn1c(=O)c2c(nc3n2C(C)C(C)=NN3CC(=O)OCC)n(C)c1=O. The minimum Gasteiger partial charge on any atom is -0.465 e. The van der Waals surface area contributed by atoms with Crippen LogP contribution in [0.5, 0.6) is 0 Å². The van der Waals surface area contributed by atoms with Crippen molar-refractivity contribution in [1.82, 2.24) is 18.7 Å². The van der Waals surface area contributed by atoms with Gasteiger partial charge in [-0.15, -0.1) is 6.58 Å². The summed E-state index contributed by atoms with van der Waals surface area (Å²) in [5.41, 5.74) is 0.291. The number of carbonyl (C=O) groups is 1. The molecule has 0 amide bonds. The zero-order valence-electron chi connectivity index (χ0n) is 15.8. The fourth-order valence-electron chi connectivity index (χ4n) is 3.11. The summed E-state index contributed by atoms with van der Waals surface area (Å²) in [5.74, 6) is -0.139. The van der Waals surface area contributed by atoms with E-state index in [9.17, 15) is 14.4 Å². The monoisotopic (exact) mass is 374 g/mol. The molecule has 10 nitrogen and oxygen atoms in total. The first-order valence-electron chi connectivity index (χ1n) is 8.62. The highest BCUT2D eigenvalue weighted by Gasteiger charge is 2.31. The lowest BCUT2D eigenvalue weighted by atomic mass is 10.2. The van der Waals surface area contributed by atoms with Crippen molar-refractivity contribution < 1.29 is 9.53 Å². The number of anilines is 1. The number of fused-ring (bicyclic) bond motifs is 3. The van der Waals surface area contributed by atoms with Crippen molar-refractivity contribution in [2.24, 2.45) is 12.1 Å². The molecule has 0 saturated heterocycles. The van der Waals surface area contributed by atoms with Crippen LogP contribution in [0.1, 0.15) is 26.8 Å². The fourth-order valence-corrected chi connectivity index (χ4v) is 3.11. The van der Waals surface area contributed by atoms with Crippen molar-refractivity contribution in [3.8, 4) is 0 Å². The maximum Gasteiger partial charge on any atom is 0.332 e. The van der Waals surface area contributed by atoms with Crippen LogP contribution >= 0.6 is 0 Å². The number of rotatable bonds is 5. The van der Waals surface area contributed by atoms with Crippen LogP contribution in [0.3, 0.4) is 0 Å². The molecule has 144 valence electrons. The normalized spacial score (nSPS) is 16.2. The van der Waals surface area contributed by atoms with Crippen LogP contribution in [0.15, 0.2) is 27.3 Å². The van der Waals surface area contributed by atoms with Gasteiger partial charge in [-0.1, -0.05) is 6.08 Å². The van der Waals surface area contributed by atoms with Gasteiger partial charge in [-0.25, -0.2) is 9.80 Å². The third-order valence-electron chi connectivity index (χ3n) is 4.55. The van der Waals surface area contributed by atoms with Gasteiger partial charge in [0.1, 0.15) is 6.54 Å². The van der Waals surface area contributed by atoms with Gasteiger partial charge in [0.25, 0.3) is 5.56 Å². The highest BCUT2D eigenvalue weighted by Crippen LogP contribution is 2.29. The Morgan fingerprint density at radius 2 is 2.07 bits per heavy atom. The molecule has 0 aromatic carbocycles. The highest BCUT2D eigenvalue weighted by atomic mass is 16.5. The van der Waals surface area contributed by atoms with Gasteiger partial charge in [0.15, 0.2) is 11.2 Å². The Labute approximate surface area is 155 Å². The number of hydrogen-bond acceptors (Lipinski definition) is 7. The zero-order chi connectivity index (χ0) is 19.9. The number of carbonyl (C=O) groups excluding carboxylic acids is 1. The number of esters is 1. The van der Waals surface area contributed by atoms with Gasteiger partial charge in [0, 0.05) is 13.6 Å². The molecule has 0 fully saturated rings. The molecule has 1 atom stereocenters. The molecule has 2 aromatic heterocycles. The first-order valence-corrected chi connectivity index (χ1v) is 8.62. The second-order valence-corrected chi connectivity index (χ2v) is 6.28. The average Bonchev–Trinajstić information content (AvgIpc) is 3.03. The molecule has 0 saturated carbocycles. The van der Waals surface area contributed by atoms with Crippen LogP contribution in [0.25, 0.3) is 11.2 Å². The Balaban J connectivity index is 2.29. The van der Waals surface area contributed by atoms with Gasteiger partial charge < -0.3 is 4.74 Å². The predicted molar refractivity (Wildman–Crippen MR) is 101 cm³/mol. The maximum atomic E-state index is 13.0. The van der Waals surface area contributed by atoms with E-state index < -0.39 is 17.2 Å². The van der Waals surface area contributed by atoms with E-state index in [1.807, 2.05) is 13.8 Å². The lowest BCUT2D eigenvalue weighted by molar-refractivity contribution is -0.141. The van der Waals surface area contributed by atoms with E-state index in [0.29, 0.717) is 11.7 Å². The number of hydrazone groups is 1. The number of aromatic nitrogens is 4. The van der Waals surface area contributed by atoms with Crippen LogP contribution in [0.4, 0.5) is 5.95 Å². The second kappa shape index (κ2) is 6.86. The van der Waals surface area contributed by atoms with E-state index in [2.05, 4.69) is 16.7 Å². The van der Waals surface area contributed by atoms with Crippen molar-refractivity contribution in [2.75, 3.05) is 18.2 Å². The molecule has 0 radical (unpaired) electrons. The topological polar surface area (TPSA) is 104 Å². The third kappa shape index (κ3) is 2.86. The van der Waals surface area contributed by atoms with Gasteiger partial charge in [-0.3, -0.25) is 23.3 Å². The van der Waals surface area contributed by atoms with Crippen molar-refractivity contribution in [3.63, 3.8) is 0 Å². The van der Waals surface area contributed by atoms with Gasteiger partial charge in [-0.05, 0) is 20.8 Å². The molecule has 0 aliphatic carbocycles. The molecule has 1 unspecified atom stereocenters. The van der Waals surface area contributed by atoms with Crippen LogP contribution in [0, 0.1) is 0 Å². The van der Waals surface area contributed by atoms with Crippen LogP contribution in [0.2, 0.25) is 0 Å². The highest BCUT2D eigenvalue weighted by molar-refractivity contribution is 5.92. The summed E-state index contributed by atoms with van der Waals surface area (Å²) in [6, 6.07) is -0.258. The number of ether oxygens (including phenoxy) is 1. The number of allylic oxidation sites excluding steroid dienone is 1. The summed E-state index contributed by atoms with van der Waals surface area (Å²) < 4.78 is 9.12. The van der Waals surface area contributed by atoms with Crippen LogP contribution in [-0.4, -0.2) is 43.5 Å². The minimum absolute atomic E-state index is 0.0932. The zero-order valence-corrected chi connectivity index (χ0v) is 15.8. The molecule has 2 aromatic rings. The summed E-state index contributed by atoms with van der Waals surface area (Å²) in [7, 11) is 1.55. The van der Waals surface area contributed by atoms with E-state index >= 15 is 0 Å². The smallest absolute Gasteiger partial charge is 0.332 e. The molecular weight excluding hydrogens is 352 g/mol. The molecule has 0 spiro atoms. The molecule has 3 rings (SSSR count). The van der Waals surface area contributed by atoms with Crippen molar-refractivity contribution in [3.05, 3.63) is 33.5 Å². The van der Waals surface area contributed by atoms with Crippen LogP contribution < -0.4 is 16.3 Å². The van der Waals surface area contributed by atoms with E-state index in [4.69, 9.17) is 4.74 Å². The molecular formula is C17H22N6O4. The minimum atomic E-state index is -0.481. The third-order valence-corrected chi connectivity index (χ3v) is 4.55. The molecule has 1 aliphatic heterocycles. The molecule has 27 heavy (non-hydrogen) atoms. The van der Waals surface area contributed by atoms with Gasteiger partial charge in [0.05, 0.1) is 18.4 Å². The molecule has 0 bridgehead atoms. The number of hydrogen-bond donors (Lipinski definition) is 0. The average molecular weight is 374 g/mol. The first kappa shape index (κ1) is 18.6. The molecule has 10 heteroatoms. The maximum absolute atomic E-state index is 13.0. The van der Waals surface area contributed by atoms with Gasteiger partial charge in [-0.2, -0.15) is 10.1 Å². The Hall–Kier alpha value is -3.17. The number of aryl methyl sites for hydroxylation is 1. The first-order chi connectivity index (χ1) is 12.8. The van der Waals surface area contributed by atoms with E-state index in [-0.39, 0.29) is 36.9 Å². The standard InChI is InChI=1S/C17H22N6O4/c1-6-8-21-15(25)13-14(20(5)17(21)26)18-16-22(9-12(24)27-7-2)19-10(3)11(4)23(13)16/h6,11H,1,7-9H2,2-5H3. The van der Waals surface area contributed by atoms with Crippen molar-refractivity contribution in [1.29, 1.82) is 0 Å². The molecule has 3 heterocycles. The van der Waals surface area contributed by atoms with E-state index in [1.54, 1.807) is 18.5 Å². The summed E-state index contributed by atoms with van der Waals surface area (Å²) >= 11 is 0. The summed E-state index contributed by atoms with van der Waals surface area (Å²) in [4.78, 5) is 41.9. The lowest BCUT2D eigenvalue weighted by Crippen LogP contribution is -2.40. The Bertz CT molecular complexity index is 1070. The fraction of sp³-hybridized carbons (Fsp3) is 0.471. The largest absolute Gasteiger partial charge is 0.465 e. The number of nitrogens with zero attached hydrogens (tertiary/aromatic N) is 6. The Morgan fingerprint density at radius 3 is 2.70 bits per heavy atom. The Morgan fingerprint density at radius 1 is 1.37 bits per heavy atom. The lowest BCUT2D eigenvalue weighted by Gasteiger charge is -2.28. The van der Waals surface area contributed by atoms with E-state index in [1.165, 1.54) is 15.7 Å². The Kier molecular flexibility index (Phi) is 4.73.